The summed E-state index contributed by atoms with van der Waals surface area (Å²) in [5.74, 6) is 2.72. The smallest absolute Gasteiger partial charge is 0.244 e. The molecule has 5 nitrogen and oxygen atoms in total. The number of piperazine rings is 1. The number of aliphatic hydroxyl groups is 1. The van der Waals surface area contributed by atoms with Crippen molar-refractivity contribution in [1.29, 1.82) is 0 Å². The maximum absolute atomic E-state index is 12.7. The van der Waals surface area contributed by atoms with Gasteiger partial charge in [-0.15, -0.1) is 6.42 Å². The van der Waals surface area contributed by atoms with Gasteiger partial charge in [-0.05, 0) is 44.4 Å². The van der Waals surface area contributed by atoms with Gasteiger partial charge in [-0.1, -0.05) is 12.0 Å². The Balaban J connectivity index is 1.52. The minimum atomic E-state index is -0.295. The van der Waals surface area contributed by atoms with Crippen LogP contribution in [0, 0.1) is 12.3 Å². The SMILES string of the molecule is C#Cc1cccc(NC(C)C(=O)N2CCN(C3CCCC3O)CC2)c1. The fourth-order valence-corrected chi connectivity index (χ4v) is 3.91. The fourth-order valence-electron chi connectivity index (χ4n) is 3.91. The first-order chi connectivity index (χ1) is 12.1. The van der Waals surface area contributed by atoms with Crippen LogP contribution in [0.1, 0.15) is 31.7 Å². The van der Waals surface area contributed by atoms with Gasteiger partial charge in [0.1, 0.15) is 6.04 Å². The van der Waals surface area contributed by atoms with Gasteiger partial charge in [0.25, 0.3) is 0 Å². The van der Waals surface area contributed by atoms with Gasteiger partial charge in [-0.25, -0.2) is 0 Å². The lowest BCUT2D eigenvalue weighted by molar-refractivity contribution is -0.134. The van der Waals surface area contributed by atoms with E-state index in [-0.39, 0.29) is 24.1 Å². The van der Waals surface area contributed by atoms with Crippen LogP contribution in [0.4, 0.5) is 5.69 Å². The number of hydrogen-bond acceptors (Lipinski definition) is 4. The minimum absolute atomic E-state index is 0.109. The number of nitrogens with zero attached hydrogens (tertiary/aromatic N) is 2. The predicted octanol–water partition coefficient (Wildman–Crippen LogP) is 1.53. The van der Waals surface area contributed by atoms with Crippen LogP contribution in [0.25, 0.3) is 0 Å². The number of terminal acetylenes is 1. The molecule has 2 aliphatic rings. The minimum Gasteiger partial charge on any atom is -0.391 e. The van der Waals surface area contributed by atoms with E-state index in [1.807, 2.05) is 36.1 Å². The monoisotopic (exact) mass is 341 g/mol. The molecule has 2 fully saturated rings. The molecule has 1 aromatic carbocycles. The van der Waals surface area contributed by atoms with Crippen molar-refractivity contribution < 1.29 is 9.90 Å². The zero-order valence-electron chi connectivity index (χ0n) is 14.8. The number of hydrogen-bond donors (Lipinski definition) is 2. The maximum Gasteiger partial charge on any atom is 0.244 e. The number of amides is 1. The number of carbonyl (C=O) groups excluding carboxylic acids is 1. The van der Waals surface area contributed by atoms with Crippen molar-refractivity contribution in [3.63, 3.8) is 0 Å². The molecule has 0 spiro atoms. The summed E-state index contributed by atoms with van der Waals surface area (Å²) in [5.41, 5.74) is 1.66. The molecule has 1 saturated heterocycles. The second-order valence-corrected chi connectivity index (χ2v) is 7.02. The molecular formula is C20H27N3O2. The average molecular weight is 341 g/mol. The maximum atomic E-state index is 12.7. The van der Waals surface area contributed by atoms with Crippen molar-refractivity contribution in [2.75, 3.05) is 31.5 Å². The molecule has 1 saturated carbocycles. The molecule has 1 aromatic rings. The highest BCUT2D eigenvalue weighted by Crippen LogP contribution is 2.25. The molecular weight excluding hydrogens is 314 g/mol. The number of carbonyl (C=O) groups is 1. The lowest BCUT2D eigenvalue weighted by Crippen LogP contribution is -2.55. The summed E-state index contributed by atoms with van der Waals surface area (Å²) in [4.78, 5) is 17.0. The van der Waals surface area contributed by atoms with E-state index >= 15 is 0 Å². The van der Waals surface area contributed by atoms with E-state index in [0.29, 0.717) is 0 Å². The first-order valence-electron chi connectivity index (χ1n) is 9.12. The normalized spacial score (nSPS) is 25.4. The van der Waals surface area contributed by atoms with Crippen LogP contribution in [-0.2, 0) is 4.79 Å². The first kappa shape index (κ1) is 17.8. The highest BCUT2D eigenvalue weighted by atomic mass is 16.3. The first-order valence-corrected chi connectivity index (χ1v) is 9.12. The van der Waals surface area contributed by atoms with Gasteiger partial charge >= 0.3 is 0 Å². The van der Waals surface area contributed by atoms with Gasteiger partial charge in [0.05, 0.1) is 6.10 Å². The molecule has 1 aliphatic heterocycles. The molecule has 1 heterocycles. The van der Waals surface area contributed by atoms with E-state index in [4.69, 9.17) is 6.42 Å². The highest BCUT2D eigenvalue weighted by Gasteiger charge is 2.33. The van der Waals surface area contributed by atoms with Crippen molar-refractivity contribution >= 4 is 11.6 Å². The van der Waals surface area contributed by atoms with E-state index < -0.39 is 0 Å². The molecule has 134 valence electrons. The number of rotatable bonds is 4. The fraction of sp³-hybridized carbons (Fsp3) is 0.550. The Labute approximate surface area is 150 Å². The Hall–Kier alpha value is -2.03. The quantitative estimate of drug-likeness (QED) is 0.816. The van der Waals surface area contributed by atoms with Crippen LogP contribution < -0.4 is 5.32 Å². The summed E-state index contributed by atoms with van der Waals surface area (Å²) in [6.45, 7) is 5.01. The molecule has 3 atom stereocenters. The lowest BCUT2D eigenvalue weighted by Gasteiger charge is -2.39. The van der Waals surface area contributed by atoms with E-state index in [2.05, 4.69) is 16.1 Å². The molecule has 3 rings (SSSR count). The van der Waals surface area contributed by atoms with Crippen LogP contribution in [0.15, 0.2) is 24.3 Å². The van der Waals surface area contributed by atoms with Crippen molar-refractivity contribution in [2.45, 2.75) is 44.4 Å². The molecule has 3 unspecified atom stereocenters. The summed E-state index contributed by atoms with van der Waals surface area (Å²) >= 11 is 0. The van der Waals surface area contributed by atoms with Gasteiger partial charge in [0.2, 0.25) is 5.91 Å². The second-order valence-electron chi connectivity index (χ2n) is 7.02. The van der Waals surface area contributed by atoms with Crippen molar-refractivity contribution in [3.8, 4) is 12.3 Å². The van der Waals surface area contributed by atoms with Crippen molar-refractivity contribution in [3.05, 3.63) is 29.8 Å². The van der Waals surface area contributed by atoms with E-state index in [9.17, 15) is 9.90 Å². The van der Waals surface area contributed by atoms with Crippen LogP contribution in [0.3, 0.4) is 0 Å². The van der Waals surface area contributed by atoms with E-state index in [0.717, 1.165) is 56.7 Å². The number of nitrogens with one attached hydrogen (secondary N) is 1. The summed E-state index contributed by atoms with van der Waals surface area (Å²) in [6.07, 6.45) is 8.29. The molecule has 5 heteroatoms. The van der Waals surface area contributed by atoms with Gasteiger partial charge in [-0.3, -0.25) is 9.69 Å². The number of anilines is 1. The molecule has 1 amide bonds. The molecule has 1 aliphatic carbocycles. The lowest BCUT2D eigenvalue weighted by atomic mass is 10.1. The Bertz CT molecular complexity index is 647. The topological polar surface area (TPSA) is 55.8 Å². The van der Waals surface area contributed by atoms with Crippen molar-refractivity contribution in [1.82, 2.24) is 9.80 Å². The standard InChI is InChI=1S/C20H27N3O2/c1-3-16-6-4-7-17(14-16)21-15(2)20(25)23-12-10-22(11-13-23)18-8-5-9-19(18)24/h1,4,6-7,14-15,18-19,21,24H,5,8-13H2,2H3. The second kappa shape index (κ2) is 7.90. The Kier molecular flexibility index (Phi) is 5.62. The molecule has 25 heavy (non-hydrogen) atoms. The molecule has 0 bridgehead atoms. The third-order valence-corrected chi connectivity index (χ3v) is 5.32. The summed E-state index contributed by atoms with van der Waals surface area (Å²) in [5, 5.41) is 13.3. The average Bonchev–Trinajstić information content (AvgIpc) is 3.07. The number of benzene rings is 1. The van der Waals surface area contributed by atoms with Crippen LogP contribution in [0.2, 0.25) is 0 Å². The largest absolute Gasteiger partial charge is 0.391 e. The Morgan fingerprint density at radius 2 is 2.08 bits per heavy atom. The summed E-state index contributed by atoms with van der Waals surface area (Å²) < 4.78 is 0. The number of aliphatic hydroxyl groups excluding tert-OH is 1. The van der Waals surface area contributed by atoms with Gasteiger partial charge in [-0.2, -0.15) is 0 Å². The van der Waals surface area contributed by atoms with E-state index in [1.54, 1.807) is 0 Å². The van der Waals surface area contributed by atoms with Crippen LogP contribution in [-0.4, -0.2) is 65.2 Å². The van der Waals surface area contributed by atoms with Crippen LogP contribution >= 0.6 is 0 Å². The third kappa shape index (κ3) is 4.15. The van der Waals surface area contributed by atoms with Gasteiger partial charge in [0.15, 0.2) is 0 Å². The summed E-state index contributed by atoms with van der Waals surface area (Å²) in [6, 6.07) is 7.54. The van der Waals surface area contributed by atoms with E-state index in [1.165, 1.54) is 0 Å². The predicted molar refractivity (Wildman–Crippen MR) is 99.3 cm³/mol. The highest BCUT2D eigenvalue weighted by molar-refractivity contribution is 5.84. The van der Waals surface area contributed by atoms with Crippen LogP contribution in [0.5, 0.6) is 0 Å². The Morgan fingerprint density at radius 3 is 2.72 bits per heavy atom. The molecule has 2 N–H and O–H groups in total. The zero-order valence-corrected chi connectivity index (χ0v) is 14.8. The summed E-state index contributed by atoms with van der Waals surface area (Å²) in [7, 11) is 0. The van der Waals surface area contributed by atoms with Gasteiger partial charge in [0, 0.05) is 43.5 Å². The molecule has 0 aromatic heterocycles. The van der Waals surface area contributed by atoms with Gasteiger partial charge < -0.3 is 15.3 Å². The zero-order chi connectivity index (χ0) is 17.8. The van der Waals surface area contributed by atoms with Crippen molar-refractivity contribution in [2.24, 2.45) is 0 Å². The Morgan fingerprint density at radius 1 is 1.32 bits per heavy atom. The third-order valence-electron chi connectivity index (χ3n) is 5.32. The molecule has 0 radical (unpaired) electrons.